The third-order valence-electron chi connectivity index (χ3n) is 4.38. The molecule has 1 aliphatic carbocycles. The van der Waals surface area contributed by atoms with Crippen LogP contribution in [0.2, 0.25) is 0 Å². The Kier molecular flexibility index (Phi) is 5.26. The van der Waals surface area contributed by atoms with E-state index in [1.807, 2.05) is 75.0 Å². The van der Waals surface area contributed by atoms with Crippen LogP contribution in [0.25, 0.3) is 5.69 Å². The van der Waals surface area contributed by atoms with Crippen LogP contribution in [0.1, 0.15) is 18.2 Å². The number of hydrogen-bond donors (Lipinski definition) is 2. The van der Waals surface area contributed by atoms with Crippen molar-refractivity contribution in [2.24, 2.45) is 4.99 Å². The number of carbonyl (C=O) groups is 1. The molecule has 0 saturated carbocycles. The average Bonchev–Trinajstić information content (AvgIpc) is 2.91. The Labute approximate surface area is 164 Å². The monoisotopic (exact) mass is 377 g/mol. The molecule has 1 heterocycles. The minimum atomic E-state index is -0.160. The third kappa shape index (κ3) is 3.93. The highest BCUT2D eigenvalue weighted by atomic mass is 16.1. The van der Waals surface area contributed by atoms with Crippen LogP contribution in [-0.2, 0) is 4.79 Å². The van der Waals surface area contributed by atoms with E-state index in [0.717, 1.165) is 17.0 Å². The summed E-state index contributed by atoms with van der Waals surface area (Å²) in [5.74, 6) is 0.291. The maximum atomic E-state index is 11.6. The number of nitrogens with two attached hydrogens (primary N) is 1. The predicted octanol–water partition coefficient (Wildman–Crippen LogP) is 2.45. The molecule has 3 rings (SSSR count). The van der Waals surface area contributed by atoms with Crippen molar-refractivity contribution in [1.82, 2.24) is 15.1 Å². The number of rotatable bonds is 3. The number of aromatic nitrogens is 2. The Morgan fingerprint density at radius 1 is 1.18 bits per heavy atom. The zero-order valence-electron chi connectivity index (χ0n) is 16.8. The van der Waals surface area contributed by atoms with Gasteiger partial charge in [0.1, 0.15) is 19.8 Å². The van der Waals surface area contributed by atoms with E-state index in [4.69, 9.17) is 10.7 Å². The number of carbonyl (C=O) groups excluding carboxylic acids is 1. The number of amides is 1. The maximum absolute atomic E-state index is 11.6. The van der Waals surface area contributed by atoms with Crippen molar-refractivity contribution in [1.29, 1.82) is 0 Å². The van der Waals surface area contributed by atoms with Gasteiger partial charge in [-0.1, -0.05) is 17.7 Å². The Morgan fingerprint density at radius 3 is 2.46 bits per heavy atom. The Hall–Kier alpha value is -3.48. The fourth-order valence-electron chi connectivity index (χ4n) is 2.87. The SMILES string of the molecule is CC(=O)NC1=CC(=[N+](C)C)C=CC1=Nc1c(C)nn(-c2ccc(C)cc2)c1N. The summed E-state index contributed by atoms with van der Waals surface area (Å²) in [4.78, 5) is 16.4. The number of aliphatic imine (C=N–C) groups is 1. The molecule has 1 aliphatic rings. The summed E-state index contributed by atoms with van der Waals surface area (Å²) in [6.45, 7) is 5.37. The Morgan fingerprint density at radius 2 is 1.86 bits per heavy atom. The van der Waals surface area contributed by atoms with Gasteiger partial charge in [-0.15, -0.1) is 0 Å². The fourth-order valence-corrected chi connectivity index (χ4v) is 2.87. The van der Waals surface area contributed by atoms with Gasteiger partial charge in [0.15, 0.2) is 5.82 Å². The topological polar surface area (TPSA) is 88.3 Å². The molecule has 0 bridgehead atoms. The number of nitrogen functional groups attached to an aromatic ring is 1. The maximum Gasteiger partial charge on any atom is 0.221 e. The Bertz CT molecular complexity index is 1050. The van der Waals surface area contributed by atoms with E-state index in [2.05, 4.69) is 10.4 Å². The van der Waals surface area contributed by atoms with Crippen molar-refractivity contribution in [3.05, 3.63) is 59.4 Å². The second kappa shape index (κ2) is 7.64. The van der Waals surface area contributed by atoms with Crippen LogP contribution in [0.15, 0.2) is 53.2 Å². The van der Waals surface area contributed by atoms with Gasteiger partial charge < -0.3 is 11.1 Å². The van der Waals surface area contributed by atoms with E-state index in [0.29, 0.717) is 28.6 Å². The molecular weight excluding hydrogens is 352 g/mol. The van der Waals surface area contributed by atoms with Crippen LogP contribution in [-0.4, -0.2) is 45.8 Å². The summed E-state index contributed by atoms with van der Waals surface area (Å²) in [6, 6.07) is 7.96. The van der Waals surface area contributed by atoms with Gasteiger partial charge in [-0.3, -0.25) is 4.79 Å². The highest BCUT2D eigenvalue weighted by molar-refractivity contribution is 6.21. The minimum absolute atomic E-state index is 0.160. The standard InChI is InChI=1S/C21H24N6O/c1-13-6-8-16(9-7-13)27-21(22)20(14(2)25-27)24-18-11-10-17(26(4)5)12-19(18)23-15(3)28/h6-12H,1-5H3,(H2,22,23,25,28)/p+1. The normalized spacial score (nSPS) is 15.0. The van der Waals surface area contributed by atoms with Crippen molar-refractivity contribution in [2.75, 3.05) is 19.8 Å². The largest absolute Gasteiger partial charge is 0.382 e. The third-order valence-corrected chi connectivity index (χ3v) is 4.38. The highest BCUT2D eigenvalue weighted by Crippen LogP contribution is 2.30. The summed E-state index contributed by atoms with van der Waals surface area (Å²) in [5.41, 5.74) is 11.9. The lowest BCUT2D eigenvalue weighted by molar-refractivity contribution is -0.462. The first kappa shape index (κ1) is 19.3. The second-order valence-electron chi connectivity index (χ2n) is 6.96. The van der Waals surface area contributed by atoms with Crippen LogP contribution >= 0.6 is 0 Å². The van der Waals surface area contributed by atoms with Crippen molar-refractivity contribution in [3.63, 3.8) is 0 Å². The summed E-state index contributed by atoms with van der Waals surface area (Å²) < 4.78 is 3.64. The van der Waals surface area contributed by atoms with Gasteiger partial charge in [0.25, 0.3) is 0 Å². The van der Waals surface area contributed by atoms with Gasteiger partial charge in [0, 0.05) is 19.1 Å². The second-order valence-corrected chi connectivity index (χ2v) is 6.96. The van der Waals surface area contributed by atoms with Crippen molar-refractivity contribution >= 4 is 28.8 Å². The van der Waals surface area contributed by atoms with Gasteiger partial charge >= 0.3 is 0 Å². The fraction of sp³-hybridized carbons (Fsp3) is 0.238. The van der Waals surface area contributed by atoms with E-state index in [-0.39, 0.29) is 5.91 Å². The molecule has 1 amide bonds. The molecule has 0 atom stereocenters. The molecule has 1 aromatic heterocycles. The molecule has 0 aliphatic heterocycles. The first-order valence-corrected chi connectivity index (χ1v) is 8.99. The zero-order chi connectivity index (χ0) is 20.4. The van der Waals surface area contributed by atoms with E-state index in [9.17, 15) is 4.79 Å². The predicted molar refractivity (Wildman–Crippen MR) is 113 cm³/mol. The van der Waals surface area contributed by atoms with E-state index < -0.39 is 0 Å². The van der Waals surface area contributed by atoms with Crippen LogP contribution in [0.5, 0.6) is 0 Å². The molecule has 7 heteroatoms. The lowest BCUT2D eigenvalue weighted by atomic mass is 10.1. The van der Waals surface area contributed by atoms with Gasteiger partial charge in [-0.2, -0.15) is 5.10 Å². The van der Waals surface area contributed by atoms with Gasteiger partial charge in [-0.05, 0) is 32.1 Å². The number of nitrogens with one attached hydrogen (secondary N) is 1. The van der Waals surface area contributed by atoms with Crippen molar-refractivity contribution < 1.29 is 9.37 Å². The van der Waals surface area contributed by atoms with Crippen molar-refractivity contribution in [3.8, 4) is 5.69 Å². The number of anilines is 1. The smallest absolute Gasteiger partial charge is 0.221 e. The van der Waals surface area contributed by atoms with Crippen LogP contribution in [0.4, 0.5) is 11.5 Å². The first-order chi connectivity index (χ1) is 13.3. The highest BCUT2D eigenvalue weighted by Gasteiger charge is 2.19. The van der Waals surface area contributed by atoms with Crippen LogP contribution in [0.3, 0.4) is 0 Å². The number of allylic oxidation sites excluding steroid dienone is 3. The number of benzene rings is 1. The molecule has 1 aromatic carbocycles. The summed E-state index contributed by atoms with van der Waals surface area (Å²) in [6.07, 6.45) is 5.69. The van der Waals surface area contributed by atoms with Crippen molar-refractivity contribution in [2.45, 2.75) is 20.8 Å². The lowest BCUT2D eigenvalue weighted by Gasteiger charge is -2.12. The van der Waals surface area contributed by atoms with E-state index >= 15 is 0 Å². The van der Waals surface area contributed by atoms with Gasteiger partial charge in [0.05, 0.1) is 22.8 Å². The van der Waals surface area contributed by atoms with Gasteiger partial charge in [-0.25, -0.2) is 14.2 Å². The molecule has 0 unspecified atom stereocenters. The minimum Gasteiger partial charge on any atom is -0.382 e. The molecule has 0 saturated heterocycles. The molecule has 7 nitrogen and oxygen atoms in total. The summed E-state index contributed by atoms with van der Waals surface area (Å²) >= 11 is 0. The summed E-state index contributed by atoms with van der Waals surface area (Å²) in [7, 11) is 3.88. The number of nitrogens with zero attached hydrogens (tertiary/aromatic N) is 4. The quantitative estimate of drug-likeness (QED) is 0.636. The molecular formula is C21H25N6O+. The average molecular weight is 377 g/mol. The molecule has 2 aromatic rings. The molecule has 0 fully saturated rings. The number of aryl methyl sites for hydroxylation is 2. The molecule has 3 N–H and O–H groups in total. The van der Waals surface area contributed by atoms with Crippen LogP contribution in [0, 0.1) is 13.8 Å². The first-order valence-electron chi connectivity index (χ1n) is 8.99. The molecule has 28 heavy (non-hydrogen) atoms. The zero-order valence-corrected chi connectivity index (χ0v) is 16.8. The molecule has 144 valence electrons. The molecule has 0 spiro atoms. The number of hydrogen-bond acceptors (Lipinski definition) is 4. The Balaban J connectivity index is 2.06. The van der Waals surface area contributed by atoms with E-state index in [1.54, 1.807) is 4.68 Å². The van der Waals surface area contributed by atoms with Gasteiger partial charge in [0.2, 0.25) is 11.6 Å². The van der Waals surface area contributed by atoms with Crippen LogP contribution < -0.4 is 11.1 Å². The van der Waals surface area contributed by atoms with E-state index in [1.165, 1.54) is 6.92 Å². The summed E-state index contributed by atoms with van der Waals surface area (Å²) in [5, 5.41) is 7.39. The molecule has 0 radical (unpaired) electrons. The lowest BCUT2D eigenvalue weighted by Crippen LogP contribution is -2.28.